The van der Waals surface area contributed by atoms with Gasteiger partial charge in [0.1, 0.15) is 0 Å². The van der Waals surface area contributed by atoms with Crippen LogP contribution in [0.2, 0.25) is 0 Å². The summed E-state index contributed by atoms with van der Waals surface area (Å²) in [4.78, 5) is 3.85. The molecular weight excluding hydrogens is 171 g/mol. The van der Waals surface area contributed by atoms with Crippen molar-refractivity contribution in [1.82, 2.24) is 9.55 Å². The minimum Gasteiger partial charge on any atom is -0.311 e. The van der Waals surface area contributed by atoms with E-state index in [1.807, 2.05) is 17.7 Å². The maximum Gasteiger partial charge on any atom is 0.0988 e. The van der Waals surface area contributed by atoms with Gasteiger partial charge in [-0.1, -0.05) is 6.58 Å². The number of aromatic nitrogens is 2. The van der Waals surface area contributed by atoms with Gasteiger partial charge in [-0.3, -0.25) is 0 Å². The summed E-state index contributed by atoms with van der Waals surface area (Å²) in [5.74, 6) is 0. The molecule has 0 amide bonds. The Balaban J connectivity index is 0. The van der Waals surface area contributed by atoms with Crippen LogP contribution in [-0.4, -0.2) is 9.55 Å². The lowest BCUT2D eigenvalue weighted by Gasteiger charge is -1.94. The van der Waals surface area contributed by atoms with Gasteiger partial charge >= 0.3 is 0 Å². The first-order chi connectivity index (χ1) is 3.80. The topological polar surface area (TPSA) is 17.8 Å². The van der Waals surface area contributed by atoms with Gasteiger partial charge in [0.2, 0.25) is 0 Å². The van der Waals surface area contributed by atoms with Crippen LogP contribution in [0.15, 0.2) is 25.3 Å². The molecule has 0 unspecified atom stereocenters. The van der Waals surface area contributed by atoms with Crippen molar-refractivity contribution in [3.05, 3.63) is 25.3 Å². The second-order valence-electron chi connectivity index (χ2n) is 1.71. The van der Waals surface area contributed by atoms with Gasteiger partial charge in [0.05, 0.1) is 6.33 Å². The van der Waals surface area contributed by atoms with Gasteiger partial charge in [0.15, 0.2) is 0 Å². The van der Waals surface area contributed by atoms with E-state index in [-0.39, 0.29) is 24.8 Å². The Labute approximate surface area is 72.8 Å². The predicted octanol–water partition coefficient (Wildman–Crippen LogP) is 2.22. The van der Waals surface area contributed by atoms with Crippen LogP contribution in [0.3, 0.4) is 0 Å². The molecule has 0 aliphatic carbocycles. The Morgan fingerprint density at radius 1 is 1.50 bits per heavy atom. The van der Waals surface area contributed by atoms with E-state index in [0.717, 1.165) is 5.70 Å². The van der Waals surface area contributed by atoms with Gasteiger partial charge in [-0.2, -0.15) is 0 Å². The predicted molar refractivity (Wildman–Crippen MR) is 47.7 cm³/mol. The van der Waals surface area contributed by atoms with Gasteiger partial charge in [-0.15, -0.1) is 24.8 Å². The van der Waals surface area contributed by atoms with Crippen molar-refractivity contribution in [2.75, 3.05) is 0 Å². The van der Waals surface area contributed by atoms with Gasteiger partial charge in [-0.25, -0.2) is 4.98 Å². The van der Waals surface area contributed by atoms with Crippen molar-refractivity contribution in [3.8, 4) is 0 Å². The summed E-state index contributed by atoms with van der Waals surface area (Å²) in [5.41, 5.74) is 0.988. The van der Waals surface area contributed by atoms with E-state index in [2.05, 4.69) is 11.6 Å². The lowest BCUT2D eigenvalue weighted by molar-refractivity contribution is 1.08. The first-order valence-corrected chi connectivity index (χ1v) is 2.44. The van der Waals surface area contributed by atoms with E-state index in [4.69, 9.17) is 0 Å². The number of allylic oxidation sites excluding steroid dienone is 1. The van der Waals surface area contributed by atoms with Crippen molar-refractivity contribution in [1.29, 1.82) is 0 Å². The number of halogens is 2. The second kappa shape index (κ2) is 5.33. The summed E-state index contributed by atoms with van der Waals surface area (Å²) in [5, 5.41) is 0. The lowest BCUT2D eigenvalue weighted by atomic mass is 10.6. The molecular formula is C6H10Cl2N2. The van der Waals surface area contributed by atoms with Crippen LogP contribution in [0.4, 0.5) is 0 Å². The lowest BCUT2D eigenvalue weighted by Crippen LogP contribution is -1.84. The third-order valence-corrected chi connectivity index (χ3v) is 0.945. The molecule has 10 heavy (non-hydrogen) atoms. The minimum absolute atomic E-state index is 0. The zero-order valence-corrected chi connectivity index (χ0v) is 7.28. The summed E-state index contributed by atoms with van der Waals surface area (Å²) in [6, 6.07) is 0. The van der Waals surface area contributed by atoms with Gasteiger partial charge in [-0.05, 0) is 6.92 Å². The average molecular weight is 181 g/mol. The summed E-state index contributed by atoms with van der Waals surface area (Å²) < 4.78 is 1.86. The maximum absolute atomic E-state index is 3.85. The summed E-state index contributed by atoms with van der Waals surface area (Å²) in [6.07, 6.45) is 5.32. The molecule has 0 fully saturated rings. The van der Waals surface area contributed by atoms with E-state index in [9.17, 15) is 0 Å². The quantitative estimate of drug-likeness (QED) is 0.649. The SMILES string of the molecule is C=C(C)n1ccnc1.Cl.Cl. The molecule has 0 atom stereocenters. The van der Waals surface area contributed by atoms with Crippen LogP contribution in [0.5, 0.6) is 0 Å². The number of nitrogens with zero attached hydrogens (tertiary/aromatic N) is 2. The highest BCUT2D eigenvalue weighted by Crippen LogP contribution is 1.95. The Morgan fingerprint density at radius 2 is 2.10 bits per heavy atom. The Hall–Kier alpha value is -0.470. The first kappa shape index (κ1) is 12.2. The fourth-order valence-corrected chi connectivity index (χ4v) is 0.485. The molecule has 0 saturated carbocycles. The van der Waals surface area contributed by atoms with Crippen LogP contribution in [0.25, 0.3) is 5.70 Å². The minimum atomic E-state index is 0. The zero-order valence-electron chi connectivity index (χ0n) is 5.65. The van der Waals surface area contributed by atoms with E-state index >= 15 is 0 Å². The molecule has 1 aromatic heterocycles. The standard InChI is InChI=1S/C6H8N2.2ClH/c1-6(2)8-4-3-7-5-8;;/h3-5H,1H2,2H3;2*1H. The fourth-order valence-electron chi connectivity index (χ4n) is 0.485. The molecule has 0 saturated heterocycles. The Morgan fingerprint density at radius 3 is 2.30 bits per heavy atom. The highest BCUT2D eigenvalue weighted by molar-refractivity contribution is 5.85. The molecule has 2 nitrogen and oxygen atoms in total. The smallest absolute Gasteiger partial charge is 0.0988 e. The van der Waals surface area contributed by atoms with Crippen molar-refractivity contribution < 1.29 is 0 Å². The Bertz CT molecular complexity index is 182. The van der Waals surface area contributed by atoms with Crippen LogP contribution in [0.1, 0.15) is 6.92 Å². The third kappa shape index (κ3) is 2.90. The molecule has 0 N–H and O–H groups in total. The number of hydrogen-bond acceptors (Lipinski definition) is 1. The summed E-state index contributed by atoms with van der Waals surface area (Å²) in [7, 11) is 0. The first-order valence-electron chi connectivity index (χ1n) is 2.44. The molecule has 4 heteroatoms. The van der Waals surface area contributed by atoms with E-state index in [0.29, 0.717) is 0 Å². The van der Waals surface area contributed by atoms with Crippen molar-refractivity contribution in [3.63, 3.8) is 0 Å². The third-order valence-electron chi connectivity index (χ3n) is 0.945. The number of rotatable bonds is 1. The molecule has 0 aliphatic heterocycles. The molecule has 58 valence electrons. The van der Waals surface area contributed by atoms with Crippen molar-refractivity contribution in [2.24, 2.45) is 0 Å². The van der Waals surface area contributed by atoms with Crippen LogP contribution in [-0.2, 0) is 0 Å². The fraction of sp³-hybridized carbons (Fsp3) is 0.167. The summed E-state index contributed by atoms with van der Waals surface area (Å²) >= 11 is 0. The molecule has 0 spiro atoms. The maximum atomic E-state index is 3.85. The number of hydrogen-bond donors (Lipinski definition) is 0. The molecule has 0 bridgehead atoms. The number of imidazole rings is 1. The van der Waals surface area contributed by atoms with E-state index in [1.54, 1.807) is 12.5 Å². The molecule has 0 aromatic carbocycles. The molecule has 0 aliphatic rings. The zero-order chi connectivity index (χ0) is 5.98. The van der Waals surface area contributed by atoms with Gasteiger partial charge in [0, 0.05) is 18.1 Å². The highest BCUT2D eigenvalue weighted by Gasteiger charge is 1.83. The molecule has 1 rings (SSSR count). The largest absolute Gasteiger partial charge is 0.311 e. The van der Waals surface area contributed by atoms with E-state index in [1.165, 1.54) is 0 Å². The van der Waals surface area contributed by atoms with Gasteiger partial charge < -0.3 is 4.57 Å². The van der Waals surface area contributed by atoms with Crippen LogP contribution >= 0.6 is 24.8 Å². The molecule has 1 aromatic rings. The van der Waals surface area contributed by atoms with Gasteiger partial charge in [0.25, 0.3) is 0 Å². The normalized spacial score (nSPS) is 7.30. The second-order valence-corrected chi connectivity index (χ2v) is 1.71. The van der Waals surface area contributed by atoms with Crippen molar-refractivity contribution >= 4 is 30.5 Å². The Kier molecular flexibility index (Phi) is 6.51. The monoisotopic (exact) mass is 180 g/mol. The molecule has 0 radical (unpaired) electrons. The highest BCUT2D eigenvalue weighted by atomic mass is 35.5. The van der Waals surface area contributed by atoms with Crippen molar-refractivity contribution in [2.45, 2.75) is 6.92 Å². The van der Waals surface area contributed by atoms with Crippen LogP contribution in [0, 0.1) is 0 Å². The van der Waals surface area contributed by atoms with Crippen LogP contribution < -0.4 is 0 Å². The summed E-state index contributed by atoms with van der Waals surface area (Å²) in [6.45, 7) is 5.65. The molecule has 1 heterocycles. The average Bonchev–Trinajstić information content (AvgIpc) is 2.12. The van der Waals surface area contributed by atoms with E-state index < -0.39 is 0 Å².